The van der Waals surface area contributed by atoms with Crippen molar-refractivity contribution in [3.63, 3.8) is 0 Å². The third-order valence-corrected chi connectivity index (χ3v) is 14.1. The van der Waals surface area contributed by atoms with E-state index in [1.54, 1.807) is 13.2 Å². The number of rotatable bonds is 4. The quantitative estimate of drug-likeness (QED) is 0.399. The van der Waals surface area contributed by atoms with E-state index < -0.39 is 33.4 Å². The number of aryl methyl sites for hydroxylation is 1. The summed E-state index contributed by atoms with van der Waals surface area (Å²) in [5.41, 5.74) is 3.39. The van der Waals surface area contributed by atoms with Crippen LogP contribution in [-0.2, 0) is 35.8 Å². The molecule has 1 saturated carbocycles. The van der Waals surface area contributed by atoms with Gasteiger partial charge in [0, 0.05) is 55.0 Å². The lowest BCUT2D eigenvalue weighted by atomic mass is 9.68. The number of benzene rings is 2. The van der Waals surface area contributed by atoms with E-state index in [0.717, 1.165) is 49.4 Å². The molecule has 13 heteroatoms. The van der Waals surface area contributed by atoms with Crippen LogP contribution in [0.25, 0.3) is 0 Å². The van der Waals surface area contributed by atoms with Gasteiger partial charge >= 0.3 is 6.09 Å². The lowest BCUT2D eigenvalue weighted by Gasteiger charge is -2.46. The molecular formula is C39H49ClN4O7S. The van der Waals surface area contributed by atoms with Gasteiger partial charge in [0.25, 0.3) is 5.91 Å². The molecule has 6 atom stereocenters. The number of hydrogen-bond donors (Lipinski definition) is 1. The van der Waals surface area contributed by atoms with Crippen molar-refractivity contribution in [1.29, 1.82) is 0 Å². The van der Waals surface area contributed by atoms with Crippen LogP contribution < -0.4 is 15.0 Å². The van der Waals surface area contributed by atoms with Gasteiger partial charge in [0.15, 0.2) is 0 Å². The van der Waals surface area contributed by atoms with E-state index in [1.165, 1.54) is 23.1 Å². The Bertz CT molecular complexity index is 1870. The molecule has 1 saturated heterocycles. The molecule has 3 amide bonds. The van der Waals surface area contributed by atoms with E-state index in [-0.39, 0.29) is 29.2 Å². The highest BCUT2D eigenvalue weighted by atomic mass is 35.5. The lowest BCUT2D eigenvalue weighted by Crippen LogP contribution is -2.61. The number of amides is 3. The summed E-state index contributed by atoms with van der Waals surface area (Å²) in [4.78, 5) is 42.9. The predicted molar refractivity (Wildman–Crippen MR) is 201 cm³/mol. The summed E-state index contributed by atoms with van der Waals surface area (Å²) in [6.07, 6.45) is 9.39. The predicted octanol–water partition coefficient (Wildman–Crippen LogP) is 5.63. The van der Waals surface area contributed by atoms with Gasteiger partial charge in [-0.1, -0.05) is 36.7 Å². The SMILES string of the molecule is COC(=O)N1CC(NC(=O)C[S@@]2(=O)=NC(=O)c3ccc4c(c3)N(C[C@@H]3CC[C@H]3[C@@H](OC)/C=C/C[C@H](C)C2)C[C@@]2(CCCc3cc(Cl)ccc32)CO4)C1. The maximum atomic E-state index is 14.5. The molecule has 280 valence electrons. The fraction of sp³-hybridized carbons (Fsp3) is 0.564. The number of hydrogen-bond acceptors (Lipinski definition) is 8. The van der Waals surface area contributed by atoms with Crippen molar-refractivity contribution in [3.05, 3.63) is 70.3 Å². The van der Waals surface area contributed by atoms with E-state index in [2.05, 4.69) is 38.9 Å². The Hall–Kier alpha value is -3.61. The Morgan fingerprint density at radius 1 is 1.13 bits per heavy atom. The number of carbonyl (C=O) groups is 3. The highest BCUT2D eigenvalue weighted by Crippen LogP contribution is 2.47. The summed E-state index contributed by atoms with van der Waals surface area (Å²) in [6.45, 7) is 4.55. The molecule has 1 spiro atoms. The second-order valence-corrected chi connectivity index (χ2v) is 18.2. The monoisotopic (exact) mass is 752 g/mol. The number of fused-ring (bicyclic) bond motifs is 4. The minimum Gasteiger partial charge on any atom is -0.490 e. The molecule has 2 aromatic rings. The van der Waals surface area contributed by atoms with Crippen LogP contribution in [-0.4, -0.2) is 97.7 Å². The van der Waals surface area contributed by atoms with Gasteiger partial charge in [0.2, 0.25) is 5.91 Å². The van der Waals surface area contributed by atoms with Crippen molar-refractivity contribution in [2.75, 3.05) is 63.4 Å². The molecule has 11 nitrogen and oxygen atoms in total. The number of allylic oxidation sites excluding steroid dienone is 1. The van der Waals surface area contributed by atoms with Gasteiger partial charge in [-0.25, -0.2) is 9.00 Å². The molecule has 2 bridgehead atoms. The lowest BCUT2D eigenvalue weighted by molar-refractivity contribution is -0.120. The molecule has 7 rings (SSSR count). The van der Waals surface area contributed by atoms with Crippen LogP contribution in [0, 0.1) is 17.8 Å². The molecule has 1 N–H and O–H groups in total. The topological polar surface area (TPSA) is 127 Å². The van der Waals surface area contributed by atoms with Crippen LogP contribution in [0.1, 0.15) is 60.5 Å². The number of nitrogens with zero attached hydrogens (tertiary/aromatic N) is 3. The fourth-order valence-electron chi connectivity index (χ4n) is 8.79. The molecular weight excluding hydrogens is 704 g/mol. The normalized spacial score (nSPS) is 31.0. The number of ether oxygens (including phenoxy) is 3. The molecule has 3 aliphatic heterocycles. The zero-order valence-corrected chi connectivity index (χ0v) is 31.8. The summed E-state index contributed by atoms with van der Waals surface area (Å²) in [5, 5.41) is 3.59. The Morgan fingerprint density at radius 3 is 2.71 bits per heavy atom. The van der Waals surface area contributed by atoms with Gasteiger partial charge in [-0.05, 0) is 97.7 Å². The molecule has 2 fully saturated rings. The number of carbonyl (C=O) groups excluding carboxylic acids is 3. The second-order valence-electron chi connectivity index (χ2n) is 15.4. The Kier molecular flexibility index (Phi) is 10.6. The summed E-state index contributed by atoms with van der Waals surface area (Å²) in [6, 6.07) is 11.3. The molecule has 0 unspecified atom stereocenters. The van der Waals surface area contributed by atoms with E-state index in [0.29, 0.717) is 55.8 Å². The number of methoxy groups -OCH3 is 2. The number of likely N-dealkylation sites (tertiary alicyclic amines) is 1. The molecule has 5 aliphatic rings. The second kappa shape index (κ2) is 15.0. The van der Waals surface area contributed by atoms with Crippen LogP contribution in [0.3, 0.4) is 0 Å². The minimum atomic E-state index is -3.32. The van der Waals surface area contributed by atoms with Crippen molar-refractivity contribution in [1.82, 2.24) is 10.2 Å². The van der Waals surface area contributed by atoms with Crippen molar-refractivity contribution in [2.24, 2.45) is 22.1 Å². The molecule has 52 heavy (non-hydrogen) atoms. The van der Waals surface area contributed by atoms with Gasteiger partial charge in [-0.3, -0.25) is 9.59 Å². The van der Waals surface area contributed by atoms with Crippen LogP contribution >= 0.6 is 11.6 Å². The minimum absolute atomic E-state index is 0.0622. The maximum Gasteiger partial charge on any atom is 0.409 e. The standard InChI is InChI=1S/C39H49ClN4O7S/c1-25-6-4-8-34(49-2)31-12-9-28(31)18-44-23-39(15-5-7-26-16-29(40)11-13-32(26)39)24-51-35-14-10-27(17-33(35)44)37(46)42-52(48,21-25)22-36(45)41-30-19-43(20-30)38(47)50-3/h4,8,10-11,13-14,16-17,25,28,30-31,34H,5-7,9,12,15,18-24H2,1-3H3,(H,41,45)/b8-4+/t25-,28-,31+,34-,39-,52+/m0/s1. The molecule has 3 heterocycles. The van der Waals surface area contributed by atoms with Gasteiger partial charge < -0.3 is 29.3 Å². The van der Waals surface area contributed by atoms with Gasteiger partial charge in [0.05, 0.1) is 41.3 Å². The largest absolute Gasteiger partial charge is 0.490 e. The van der Waals surface area contributed by atoms with Gasteiger partial charge in [-0.2, -0.15) is 4.36 Å². The van der Waals surface area contributed by atoms with Crippen molar-refractivity contribution in [2.45, 2.75) is 63.0 Å². The first-order valence-corrected chi connectivity index (χ1v) is 20.6. The first-order valence-electron chi connectivity index (χ1n) is 18.4. The summed E-state index contributed by atoms with van der Waals surface area (Å²) in [5.74, 6) is -0.131. The third kappa shape index (κ3) is 7.57. The molecule has 0 radical (unpaired) electrons. The molecule has 0 aromatic heterocycles. The highest BCUT2D eigenvalue weighted by molar-refractivity contribution is 7.94. The third-order valence-electron chi connectivity index (χ3n) is 11.6. The molecule has 2 aliphatic carbocycles. The number of halogens is 1. The van der Waals surface area contributed by atoms with E-state index >= 15 is 0 Å². The van der Waals surface area contributed by atoms with Crippen LogP contribution in [0.15, 0.2) is 52.9 Å². The average Bonchev–Trinajstić information content (AvgIpc) is 3.23. The van der Waals surface area contributed by atoms with Crippen LogP contribution in [0.5, 0.6) is 5.75 Å². The fourth-order valence-corrected chi connectivity index (χ4v) is 11.2. The maximum absolute atomic E-state index is 14.5. The molecule has 2 aromatic carbocycles. The van der Waals surface area contributed by atoms with Gasteiger partial charge in [0.1, 0.15) is 11.5 Å². The Balaban J connectivity index is 1.23. The van der Waals surface area contributed by atoms with Crippen molar-refractivity contribution < 1.29 is 32.8 Å². The first-order chi connectivity index (χ1) is 25.0. The average molecular weight is 753 g/mol. The van der Waals surface area contributed by atoms with Crippen molar-refractivity contribution >= 4 is 44.9 Å². The van der Waals surface area contributed by atoms with E-state index in [9.17, 15) is 18.6 Å². The summed E-state index contributed by atoms with van der Waals surface area (Å²) < 4.78 is 36.3. The Morgan fingerprint density at radius 2 is 1.96 bits per heavy atom. The zero-order chi connectivity index (χ0) is 36.6. The Labute approximate surface area is 311 Å². The number of nitrogens with one attached hydrogen (secondary N) is 1. The van der Waals surface area contributed by atoms with Gasteiger partial charge in [-0.15, -0.1) is 0 Å². The zero-order valence-electron chi connectivity index (χ0n) is 30.2. The van der Waals surface area contributed by atoms with Crippen molar-refractivity contribution in [3.8, 4) is 5.75 Å². The van der Waals surface area contributed by atoms with Crippen LogP contribution in [0.4, 0.5) is 10.5 Å². The number of anilines is 1. The van der Waals surface area contributed by atoms with Crippen LogP contribution in [0.2, 0.25) is 5.02 Å². The van der Waals surface area contributed by atoms with E-state index in [1.807, 2.05) is 25.1 Å². The smallest absolute Gasteiger partial charge is 0.409 e. The first kappa shape index (κ1) is 36.7. The summed E-state index contributed by atoms with van der Waals surface area (Å²) in [7, 11) is -0.253. The summed E-state index contributed by atoms with van der Waals surface area (Å²) >= 11 is 6.45. The highest BCUT2D eigenvalue weighted by Gasteiger charge is 2.44. The van der Waals surface area contributed by atoms with E-state index in [4.69, 9.17) is 25.8 Å².